The van der Waals surface area contributed by atoms with Gasteiger partial charge in [0.15, 0.2) is 0 Å². The van der Waals surface area contributed by atoms with Crippen LogP contribution in [0.15, 0.2) is 57.2 Å². The van der Waals surface area contributed by atoms with Crippen LogP contribution in [-0.2, 0) is 20.0 Å². The normalized spacial score (nSPS) is 11.6. The number of sulfone groups is 1. The molecule has 0 saturated carbocycles. The summed E-state index contributed by atoms with van der Waals surface area (Å²) in [5.41, 5.74) is -0.303. The van der Waals surface area contributed by atoms with Gasteiger partial charge in [-0.3, -0.25) is 10.1 Å². The van der Waals surface area contributed by atoms with Crippen LogP contribution in [0, 0.1) is 10.1 Å². The zero-order valence-corrected chi connectivity index (χ0v) is 17.6. The second-order valence-corrected chi connectivity index (χ2v) is 8.01. The molecule has 0 radical (unpaired) electrons. The van der Waals surface area contributed by atoms with E-state index in [1.165, 1.54) is 0 Å². The summed E-state index contributed by atoms with van der Waals surface area (Å²) in [6.07, 6.45) is 0. The smallest absolute Gasteiger partial charge is 0.744 e. The Morgan fingerprint density at radius 2 is 1.42 bits per heavy atom. The molecular formula is C12H7ClKNO7S2. The minimum absolute atomic E-state index is 0. The predicted molar refractivity (Wildman–Crippen MR) is 78.0 cm³/mol. The fraction of sp³-hybridized carbons (Fsp3) is 0. The van der Waals surface area contributed by atoms with E-state index in [0.29, 0.717) is 6.07 Å². The summed E-state index contributed by atoms with van der Waals surface area (Å²) in [5, 5.41) is 10.2. The molecule has 0 N–H and O–H groups in total. The summed E-state index contributed by atoms with van der Waals surface area (Å²) in [5.74, 6) is 0. The molecule has 0 unspecified atom stereocenters. The first kappa shape index (κ1) is 21.7. The number of halogens is 1. The molecule has 2 rings (SSSR count). The first-order chi connectivity index (χ1) is 10.5. The van der Waals surface area contributed by atoms with Gasteiger partial charge in [-0.15, -0.1) is 0 Å². The number of hydrogen-bond acceptors (Lipinski definition) is 7. The Morgan fingerprint density at radius 3 is 1.88 bits per heavy atom. The Kier molecular flexibility index (Phi) is 7.12. The third kappa shape index (κ3) is 4.62. The third-order valence-corrected chi connectivity index (χ3v) is 5.93. The van der Waals surface area contributed by atoms with Crippen LogP contribution in [0.5, 0.6) is 0 Å². The summed E-state index contributed by atoms with van der Waals surface area (Å²) in [7, 11) is -9.12. The standard InChI is InChI=1S/C12H8ClNO7S2.K/c13-11-6-5-10(7-12(11)23(19,20)21)22(17,18)9-3-1-8(2-4-9)14(15)16;/h1-7H,(H,19,20,21);/q;+1/p-1. The molecule has 0 amide bonds. The molecule has 0 bridgehead atoms. The fourth-order valence-electron chi connectivity index (χ4n) is 1.73. The van der Waals surface area contributed by atoms with Crippen LogP contribution in [-0.4, -0.2) is 26.3 Å². The van der Waals surface area contributed by atoms with Crippen molar-refractivity contribution < 1.29 is 77.7 Å². The van der Waals surface area contributed by atoms with Gasteiger partial charge in [0.1, 0.15) is 10.1 Å². The van der Waals surface area contributed by atoms with Gasteiger partial charge in [0.05, 0.1) is 24.6 Å². The molecule has 24 heavy (non-hydrogen) atoms. The molecule has 2 aromatic carbocycles. The maximum absolute atomic E-state index is 12.4. The molecule has 122 valence electrons. The van der Waals surface area contributed by atoms with Crippen LogP contribution in [0.2, 0.25) is 5.02 Å². The molecule has 0 aromatic heterocycles. The van der Waals surface area contributed by atoms with Gasteiger partial charge in [0.25, 0.3) is 5.69 Å². The number of nitrogens with zero attached hydrogens (tertiary/aromatic N) is 1. The minimum atomic E-state index is -4.95. The SMILES string of the molecule is O=[N+]([O-])c1ccc(S(=O)(=O)c2ccc(Cl)c(S(=O)(=O)[O-])c2)cc1.[K+]. The Bertz CT molecular complexity index is 989. The van der Waals surface area contributed by atoms with Crippen LogP contribution in [0.1, 0.15) is 0 Å². The van der Waals surface area contributed by atoms with E-state index in [2.05, 4.69) is 0 Å². The first-order valence-electron chi connectivity index (χ1n) is 5.78. The maximum Gasteiger partial charge on any atom is 1.00 e. The summed E-state index contributed by atoms with van der Waals surface area (Å²) >= 11 is 5.58. The van der Waals surface area contributed by atoms with E-state index in [4.69, 9.17) is 11.6 Å². The van der Waals surface area contributed by atoms with Crippen molar-refractivity contribution in [2.75, 3.05) is 0 Å². The van der Waals surface area contributed by atoms with E-state index in [-0.39, 0.29) is 62.0 Å². The summed E-state index contributed by atoms with van der Waals surface area (Å²) in [6, 6.07) is 6.67. The predicted octanol–water partition coefficient (Wildman–Crippen LogP) is -1.01. The average molecular weight is 416 g/mol. The zero-order chi connectivity index (χ0) is 17.4. The van der Waals surface area contributed by atoms with E-state index >= 15 is 0 Å². The summed E-state index contributed by atoms with van der Waals surface area (Å²) in [6.45, 7) is 0. The number of nitro groups is 1. The molecule has 0 aliphatic rings. The zero-order valence-electron chi connectivity index (χ0n) is 12.0. The van der Waals surface area contributed by atoms with Gasteiger partial charge in [-0.25, -0.2) is 16.8 Å². The molecule has 12 heteroatoms. The van der Waals surface area contributed by atoms with Gasteiger partial charge < -0.3 is 4.55 Å². The molecule has 2 aromatic rings. The van der Waals surface area contributed by atoms with E-state index in [9.17, 15) is 31.5 Å². The molecule has 0 aliphatic carbocycles. The van der Waals surface area contributed by atoms with Crippen molar-refractivity contribution in [1.29, 1.82) is 0 Å². The van der Waals surface area contributed by atoms with E-state index in [1.807, 2.05) is 0 Å². The largest absolute Gasteiger partial charge is 1.00 e. The second-order valence-electron chi connectivity index (χ2n) is 4.30. The molecule has 0 aliphatic heterocycles. The van der Waals surface area contributed by atoms with Crippen molar-refractivity contribution >= 4 is 37.2 Å². The first-order valence-corrected chi connectivity index (χ1v) is 9.05. The van der Waals surface area contributed by atoms with Crippen LogP contribution >= 0.6 is 11.6 Å². The van der Waals surface area contributed by atoms with Crippen molar-refractivity contribution in [3.63, 3.8) is 0 Å². The van der Waals surface area contributed by atoms with Gasteiger partial charge in [-0.1, -0.05) is 11.6 Å². The van der Waals surface area contributed by atoms with Crippen LogP contribution in [0.3, 0.4) is 0 Å². The van der Waals surface area contributed by atoms with Gasteiger partial charge in [0.2, 0.25) is 9.84 Å². The molecule has 0 heterocycles. The molecule has 8 nitrogen and oxygen atoms in total. The van der Waals surface area contributed by atoms with Crippen molar-refractivity contribution in [2.45, 2.75) is 14.7 Å². The Balaban J connectivity index is 0.00000288. The number of benzene rings is 2. The van der Waals surface area contributed by atoms with Crippen molar-refractivity contribution in [1.82, 2.24) is 0 Å². The molecule has 0 fully saturated rings. The fourth-order valence-corrected chi connectivity index (χ4v) is 4.07. The molecule has 0 spiro atoms. The van der Waals surface area contributed by atoms with Gasteiger partial charge in [-0.05, 0) is 30.3 Å². The monoisotopic (exact) mass is 415 g/mol. The minimum Gasteiger partial charge on any atom is -0.744 e. The van der Waals surface area contributed by atoms with E-state index < -0.39 is 39.7 Å². The number of hydrogen-bond donors (Lipinski definition) is 0. The third-order valence-electron chi connectivity index (χ3n) is 2.84. The second kappa shape index (κ2) is 7.89. The Labute approximate surface area is 185 Å². The maximum atomic E-state index is 12.4. The molecule has 0 saturated heterocycles. The van der Waals surface area contributed by atoms with Crippen LogP contribution in [0.4, 0.5) is 5.69 Å². The van der Waals surface area contributed by atoms with E-state index in [0.717, 1.165) is 36.4 Å². The summed E-state index contributed by atoms with van der Waals surface area (Å²) in [4.78, 5) is 8.25. The van der Waals surface area contributed by atoms with E-state index in [1.54, 1.807) is 0 Å². The number of rotatable bonds is 4. The van der Waals surface area contributed by atoms with Gasteiger partial charge in [-0.2, -0.15) is 0 Å². The Hall–Kier alpha value is -0.374. The average Bonchev–Trinajstić information content (AvgIpc) is 2.46. The van der Waals surface area contributed by atoms with Crippen molar-refractivity contribution in [3.05, 3.63) is 57.6 Å². The quantitative estimate of drug-likeness (QED) is 0.270. The van der Waals surface area contributed by atoms with Crippen LogP contribution in [0.25, 0.3) is 0 Å². The molecular weight excluding hydrogens is 409 g/mol. The topological polar surface area (TPSA) is 134 Å². The van der Waals surface area contributed by atoms with Crippen LogP contribution < -0.4 is 51.4 Å². The number of nitro benzene ring substituents is 1. The molecule has 0 atom stereocenters. The van der Waals surface area contributed by atoms with Crippen molar-refractivity contribution in [3.8, 4) is 0 Å². The van der Waals surface area contributed by atoms with Gasteiger partial charge in [0, 0.05) is 12.1 Å². The number of non-ortho nitro benzene ring substituents is 1. The summed E-state index contributed by atoms with van der Waals surface area (Å²) < 4.78 is 58.0. The van der Waals surface area contributed by atoms with Gasteiger partial charge >= 0.3 is 51.4 Å². The Morgan fingerprint density at radius 1 is 0.917 bits per heavy atom. The van der Waals surface area contributed by atoms with Crippen molar-refractivity contribution in [2.24, 2.45) is 0 Å².